The van der Waals surface area contributed by atoms with E-state index in [-0.39, 0.29) is 6.61 Å². The molecule has 1 N–H and O–H groups in total. The maximum atomic E-state index is 8.99. The molecule has 5 heteroatoms. The van der Waals surface area contributed by atoms with Crippen LogP contribution in [0.4, 0.5) is 0 Å². The fraction of sp³-hybridized carbons (Fsp3) is 0.357. The average Bonchev–Trinajstić information content (AvgIpc) is 2.86. The highest BCUT2D eigenvalue weighted by atomic mass is 16.5. The van der Waals surface area contributed by atoms with Gasteiger partial charge in [0.15, 0.2) is 11.5 Å². The van der Waals surface area contributed by atoms with Crippen LogP contribution in [0.5, 0.6) is 11.5 Å². The van der Waals surface area contributed by atoms with Crippen LogP contribution in [0.2, 0.25) is 0 Å². The van der Waals surface area contributed by atoms with Crippen LogP contribution in [0, 0.1) is 0 Å². The van der Waals surface area contributed by atoms with Crippen molar-refractivity contribution < 1.29 is 14.6 Å². The molecule has 0 bridgehead atoms. The number of methoxy groups -OCH3 is 2. The molecule has 0 spiro atoms. The predicted molar refractivity (Wildman–Crippen MR) is 71.7 cm³/mol. The molecule has 2 aromatic rings. The van der Waals surface area contributed by atoms with Crippen molar-refractivity contribution in [3.8, 4) is 11.5 Å². The van der Waals surface area contributed by atoms with Crippen LogP contribution in [0.25, 0.3) is 0 Å². The van der Waals surface area contributed by atoms with Crippen molar-refractivity contribution in [1.82, 2.24) is 9.55 Å². The zero-order valence-corrected chi connectivity index (χ0v) is 11.2. The molecule has 0 atom stereocenters. The van der Waals surface area contributed by atoms with Crippen LogP contribution in [-0.2, 0) is 13.0 Å². The second-order valence-electron chi connectivity index (χ2n) is 4.13. The van der Waals surface area contributed by atoms with Crippen molar-refractivity contribution in [3.63, 3.8) is 0 Å². The maximum Gasteiger partial charge on any atom is 0.161 e. The zero-order valence-electron chi connectivity index (χ0n) is 11.2. The molecule has 0 saturated heterocycles. The van der Waals surface area contributed by atoms with Gasteiger partial charge in [-0.2, -0.15) is 0 Å². The Hall–Kier alpha value is -2.01. The zero-order chi connectivity index (χ0) is 13.7. The van der Waals surface area contributed by atoms with Crippen molar-refractivity contribution in [2.75, 3.05) is 20.8 Å². The van der Waals surface area contributed by atoms with Gasteiger partial charge in [0, 0.05) is 25.4 Å². The van der Waals surface area contributed by atoms with Gasteiger partial charge >= 0.3 is 0 Å². The smallest absolute Gasteiger partial charge is 0.161 e. The number of hydrogen-bond acceptors (Lipinski definition) is 4. The monoisotopic (exact) mass is 262 g/mol. The van der Waals surface area contributed by atoms with Gasteiger partial charge in [-0.05, 0) is 17.7 Å². The SMILES string of the molecule is COc1ccc(Cc2nccn2CCO)cc1OC. The van der Waals surface area contributed by atoms with Gasteiger partial charge in [0.05, 0.1) is 20.8 Å². The minimum absolute atomic E-state index is 0.106. The van der Waals surface area contributed by atoms with E-state index >= 15 is 0 Å². The average molecular weight is 262 g/mol. The molecule has 102 valence electrons. The van der Waals surface area contributed by atoms with Crippen LogP contribution >= 0.6 is 0 Å². The van der Waals surface area contributed by atoms with Crippen LogP contribution in [0.3, 0.4) is 0 Å². The Bertz CT molecular complexity index is 537. The summed E-state index contributed by atoms with van der Waals surface area (Å²) in [6.45, 7) is 0.665. The molecule has 1 aromatic heterocycles. The lowest BCUT2D eigenvalue weighted by Gasteiger charge is -2.10. The highest BCUT2D eigenvalue weighted by molar-refractivity contribution is 5.43. The van der Waals surface area contributed by atoms with E-state index in [1.165, 1.54) is 0 Å². The van der Waals surface area contributed by atoms with Gasteiger partial charge in [0.2, 0.25) is 0 Å². The number of benzene rings is 1. The number of aromatic nitrogens is 2. The van der Waals surface area contributed by atoms with Crippen molar-refractivity contribution in [2.24, 2.45) is 0 Å². The molecular weight excluding hydrogens is 244 g/mol. The van der Waals surface area contributed by atoms with Gasteiger partial charge in [-0.15, -0.1) is 0 Å². The Morgan fingerprint density at radius 3 is 2.68 bits per heavy atom. The molecule has 0 unspecified atom stereocenters. The maximum absolute atomic E-state index is 8.99. The number of nitrogens with zero attached hydrogens (tertiary/aromatic N) is 2. The number of rotatable bonds is 6. The van der Waals surface area contributed by atoms with E-state index in [1.807, 2.05) is 29.0 Å². The van der Waals surface area contributed by atoms with Crippen molar-refractivity contribution in [3.05, 3.63) is 42.0 Å². The highest BCUT2D eigenvalue weighted by Gasteiger charge is 2.08. The van der Waals surface area contributed by atoms with Gasteiger partial charge in [0.1, 0.15) is 5.82 Å². The molecule has 0 aliphatic heterocycles. The first-order valence-corrected chi connectivity index (χ1v) is 6.10. The Labute approximate surface area is 112 Å². The summed E-state index contributed by atoms with van der Waals surface area (Å²) in [7, 11) is 3.24. The first-order chi connectivity index (χ1) is 9.28. The lowest BCUT2D eigenvalue weighted by atomic mass is 10.1. The minimum Gasteiger partial charge on any atom is -0.493 e. The standard InChI is InChI=1S/C14H18N2O3/c1-18-12-4-3-11(9-13(12)19-2)10-14-15-5-6-16(14)7-8-17/h3-6,9,17H,7-8,10H2,1-2H3. The second-order valence-corrected chi connectivity index (χ2v) is 4.13. The van der Waals surface area contributed by atoms with E-state index in [1.54, 1.807) is 20.4 Å². The fourth-order valence-electron chi connectivity index (χ4n) is 1.99. The van der Waals surface area contributed by atoms with Gasteiger partial charge in [-0.1, -0.05) is 6.07 Å². The van der Waals surface area contributed by atoms with Gasteiger partial charge in [-0.25, -0.2) is 4.98 Å². The van der Waals surface area contributed by atoms with Crippen LogP contribution < -0.4 is 9.47 Å². The van der Waals surface area contributed by atoms with E-state index in [0.29, 0.717) is 24.5 Å². The number of aliphatic hydroxyl groups excluding tert-OH is 1. The molecule has 2 rings (SSSR count). The molecule has 1 aromatic carbocycles. The van der Waals surface area contributed by atoms with Crippen LogP contribution in [0.1, 0.15) is 11.4 Å². The number of hydrogen-bond donors (Lipinski definition) is 1. The van der Waals surface area contributed by atoms with Gasteiger partial charge in [0.25, 0.3) is 0 Å². The third-order valence-corrected chi connectivity index (χ3v) is 2.95. The highest BCUT2D eigenvalue weighted by Crippen LogP contribution is 2.28. The largest absolute Gasteiger partial charge is 0.493 e. The molecule has 0 saturated carbocycles. The van der Waals surface area contributed by atoms with E-state index in [2.05, 4.69) is 4.98 Å². The van der Waals surface area contributed by atoms with E-state index in [9.17, 15) is 0 Å². The summed E-state index contributed by atoms with van der Waals surface area (Å²) in [5.41, 5.74) is 1.09. The molecule has 0 radical (unpaired) electrons. The molecule has 1 heterocycles. The molecule has 0 amide bonds. The lowest BCUT2D eigenvalue weighted by molar-refractivity contribution is 0.274. The van der Waals surface area contributed by atoms with E-state index in [0.717, 1.165) is 11.4 Å². The Balaban J connectivity index is 2.21. The van der Waals surface area contributed by atoms with Crippen molar-refractivity contribution >= 4 is 0 Å². The number of imidazole rings is 1. The third-order valence-electron chi connectivity index (χ3n) is 2.95. The summed E-state index contributed by atoms with van der Waals surface area (Å²) >= 11 is 0. The molecule has 0 aliphatic carbocycles. The van der Waals surface area contributed by atoms with Gasteiger partial charge < -0.3 is 19.1 Å². The van der Waals surface area contributed by atoms with Crippen molar-refractivity contribution in [1.29, 1.82) is 0 Å². The van der Waals surface area contributed by atoms with Crippen LogP contribution in [0.15, 0.2) is 30.6 Å². The quantitative estimate of drug-likeness (QED) is 0.856. The molecule has 0 fully saturated rings. The van der Waals surface area contributed by atoms with Crippen molar-refractivity contribution in [2.45, 2.75) is 13.0 Å². The summed E-state index contributed by atoms with van der Waals surface area (Å²) in [6.07, 6.45) is 4.30. The summed E-state index contributed by atoms with van der Waals surface area (Å²) in [5, 5.41) is 8.99. The third kappa shape index (κ3) is 3.06. The summed E-state index contributed by atoms with van der Waals surface area (Å²) < 4.78 is 12.4. The Kier molecular flexibility index (Phi) is 4.41. The Morgan fingerprint density at radius 2 is 2.00 bits per heavy atom. The molecule has 5 nitrogen and oxygen atoms in total. The summed E-state index contributed by atoms with van der Waals surface area (Å²) in [6, 6.07) is 5.81. The molecule has 0 aliphatic rings. The first kappa shape index (κ1) is 13.4. The van der Waals surface area contributed by atoms with Gasteiger partial charge in [-0.3, -0.25) is 0 Å². The fourth-order valence-corrected chi connectivity index (χ4v) is 1.99. The second kappa shape index (κ2) is 6.24. The minimum atomic E-state index is 0.106. The number of ether oxygens (including phenoxy) is 2. The Morgan fingerprint density at radius 1 is 1.21 bits per heavy atom. The normalized spacial score (nSPS) is 10.5. The molecule has 19 heavy (non-hydrogen) atoms. The van der Waals surface area contributed by atoms with Crippen LogP contribution in [-0.4, -0.2) is 35.5 Å². The topological polar surface area (TPSA) is 56.5 Å². The van der Waals surface area contributed by atoms with E-state index < -0.39 is 0 Å². The summed E-state index contributed by atoms with van der Waals surface area (Å²) in [5.74, 6) is 2.34. The molecular formula is C14H18N2O3. The lowest BCUT2D eigenvalue weighted by Crippen LogP contribution is -2.06. The predicted octanol–water partition coefficient (Wildman–Crippen LogP) is 1.48. The van der Waals surface area contributed by atoms with E-state index in [4.69, 9.17) is 14.6 Å². The summed E-state index contributed by atoms with van der Waals surface area (Å²) in [4.78, 5) is 4.31. The number of aliphatic hydroxyl groups is 1. The first-order valence-electron chi connectivity index (χ1n) is 6.10.